The number of nitrogens with zero attached hydrogens (tertiary/aromatic N) is 2. The van der Waals surface area contributed by atoms with Crippen LogP contribution in [0, 0.1) is 0 Å². The van der Waals surface area contributed by atoms with Crippen molar-refractivity contribution in [1.29, 1.82) is 0 Å². The zero-order valence-electron chi connectivity index (χ0n) is 9.95. The highest BCUT2D eigenvalue weighted by Gasteiger charge is 2.02. The lowest BCUT2D eigenvalue weighted by Gasteiger charge is -2.23. The molecule has 0 bridgehead atoms. The highest BCUT2D eigenvalue weighted by Crippen LogP contribution is 1.90. The monoisotopic (exact) mass is 244 g/mol. The van der Waals surface area contributed by atoms with Gasteiger partial charge in [-0.1, -0.05) is 27.7 Å². The molecule has 0 spiro atoms. The molecule has 0 aliphatic heterocycles. The van der Waals surface area contributed by atoms with Crippen molar-refractivity contribution in [3.05, 3.63) is 0 Å². The maximum absolute atomic E-state index is 2.47. The average molecular weight is 245 g/mol. The lowest BCUT2D eigenvalue weighted by atomic mass is 10.4. The van der Waals surface area contributed by atoms with E-state index in [9.17, 15) is 0 Å². The Morgan fingerprint density at radius 1 is 0.571 bits per heavy atom. The van der Waals surface area contributed by atoms with E-state index in [-0.39, 0.29) is 24.8 Å². The molecule has 0 N–H and O–H groups in total. The van der Waals surface area contributed by atoms with E-state index in [4.69, 9.17) is 0 Å². The second-order valence-corrected chi connectivity index (χ2v) is 3.05. The quantitative estimate of drug-likeness (QED) is 0.680. The van der Waals surface area contributed by atoms with Crippen molar-refractivity contribution >= 4 is 24.8 Å². The molecule has 0 heterocycles. The van der Waals surface area contributed by atoms with Crippen molar-refractivity contribution in [3.8, 4) is 0 Å². The van der Waals surface area contributed by atoms with Crippen LogP contribution in [0.2, 0.25) is 0 Å². The molecule has 0 aliphatic carbocycles. The van der Waals surface area contributed by atoms with Crippen molar-refractivity contribution in [2.24, 2.45) is 0 Å². The molecular formula is C10H26Cl2N2. The molecule has 0 saturated heterocycles. The second-order valence-electron chi connectivity index (χ2n) is 3.05. The Kier molecular flexibility index (Phi) is 19.3. The number of rotatable bonds is 7. The van der Waals surface area contributed by atoms with Crippen LogP contribution in [-0.4, -0.2) is 49.1 Å². The Hall–Kier alpha value is 0.500. The fraction of sp³-hybridized carbons (Fsp3) is 1.00. The minimum atomic E-state index is 0. The van der Waals surface area contributed by atoms with Gasteiger partial charge < -0.3 is 9.80 Å². The van der Waals surface area contributed by atoms with Crippen LogP contribution >= 0.6 is 24.8 Å². The Labute approximate surface area is 102 Å². The van der Waals surface area contributed by atoms with E-state index in [0.717, 1.165) is 0 Å². The van der Waals surface area contributed by atoms with Gasteiger partial charge in [-0.25, -0.2) is 0 Å². The third-order valence-corrected chi connectivity index (χ3v) is 2.52. The van der Waals surface area contributed by atoms with Gasteiger partial charge in [-0.05, 0) is 26.2 Å². The van der Waals surface area contributed by atoms with Crippen LogP contribution < -0.4 is 0 Å². The smallest absolute Gasteiger partial charge is 0.0109 e. The van der Waals surface area contributed by atoms with E-state index in [1.165, 1.54) is 39.3 Å². The van der Waals surface area contributed by atoms with Crippen LogP contribution in [0.15, 0.2) is 0 Å². The van der Waals surface area contributed by atoms with Crippen LogP contribution in [0.1, 0.15) is 27.7 Å². The van der Waals surface area contributed by atoms with Gasteiger partial charge in [0.25, 0.3) is 0 Å². The SMILES string of the molecule is CCN(CC)CCN(CC)CC.Cl.Cl. The third-order valence-electron chi connectivity index (χ3n) is 2.52. The zero-order valence-corrected chi connectivity index (χ0v) is 11.6. The summed E-state index contributed by atoms with van der Waals surface area (Å²) in [4.78, 5) is 4.94. The van der Waals surface area contributed by atoms with E-state index in [1.807, 2.05) is 0 Å². The van der Waals surface area contributed by atoms with E-state index in [2.05, 4.69) is 37.5 Å². The summed E-state index contributed by atoms with van der Waals surface area (Å²) in [5.74, 6) is 0. The average Bonchev–Trinajstić information content (AvgIpc) is 2.13. The topological polar surface area (TPSA) is 6.48 Å². The summed E-state index contributed by atoms with van der Waals surface area (Å²) in [6.07, 6.45) is 0. The summed E-state index contributed by atoms with van der Waals surface area (Å²) in [7, 11) is 0. The van der Waals surface area contributed by atoms with Gasteiger partial charge in [-0.15, -0.1) is 24.8 Å². The van der Waals surface area contributed by atoms with Gasteiger partial charge in [0.15, 0.2) is 0 Å². The van der Waals surface area contributed by atoms with Gasteiger partial charge in [-0.2, -0.15) is 0 Å². The summed E-state index contributed by atoms with van der Waals surface area (Å²) in [5, 5.41) is 0. The first-order chi connectivity index (χ1) is 5.78. The van der Waals surface area contributed by atoms with Crippen LogP contribution in [-0.2, 0) is 0 Å². The zero-order chi connectivity index (χ0) is 9.40. The molecule has 0 saturated carbocycles. The number of likely N-dealkylation sites (N-methyl/N-ethyl adjacent to an activating group) is 2. The van der Waals surface area contributed by atoms with Gasteiger partial charge in [-0.3, -0.25) is 0 Å². The lowest BCUT2D eigenvalue weighted by Crippen LogP contribution is -2.34. The summed E-state index contributed by atoms with van der Waals surface area (Å²) in [6, 6.07) is 0. The summed E-state index contributed by atoms with van der Waals surface area (Å²) < 4.78 is 0. The Bertz CT molecular complexity index is 82.1. The van der Waals surface area contributed by atoms with Gasteiger partial charge in [0.2, 0.25) is 0 Å². The Morgan fingerprint density at radius 3 is 0.929 bits per heavy atom. The molecule has 0 atom stereocenters. The van der Waals surface area contributed by atoms with Crippen molar-refractivity contribution in [2.75, 3.05) is 39.3 Å². The van der Waals surface area contributed by atoms with E-state index in [1.54, 1.807) is 0 Å². The van der Waals surface area contributed by atoms with Crippen molar-refractivity contribution in [3.63, 3.8) is 0 Å². The second kappa shape index (κ2) is 13.5. The Balaban J connectivity index is -0.000000605. The summed E-state index contributed by atoms with van der Waals surface area (Å²) >= 11 is 0. The molecule has 0 aromatic heterocycles. The van der Waals surface area contributed by atoms with Crippen LogP contribution in [0.3, 0.4) is 0 Å². The van der Waals surface area contributed by atoms with Gasteiger partial charge in [0, 0.05) is 13.1 Å². The first kappa shape index (κ1) is 20.0. The molecule has 0 rings (SSSR count). The molecule has 90 valence electrons. The molecule has 0 radical (unpaired) electrons. The molecule has 0 aromatic carbocycles. The van der Waals surface area contributed by atoms with Gasteiger partial charge >= 0.3 is 0 Å². The number of halogens is 2. The summed E-state index contributed by atoms with van der Waals surface area (Å²) in [5.41, 5.74) is 0. The van der Waals surface area contributed by atoms with E-state index >= 15 is 0 Å². The van der Waals surface area contributed by atoms with E-state index in [0.29, 0.717) is 0 Å². The highest BCUT2D eigenvalue weighted by atomic mass is 35.5. The molecule has 2 nitrogen and oxygen atoms in total. The molecule has 0 fully saturated rings. The number of hydrogen-bond donors (Lipinski definition) is 0. The maximum atomic E-state index is 2.47. The Morgan fingerprint density at radius 2 is 0.786 bits per heavy atom. The molecule has 14 heavy (non-hydrogen) atoms. The normalized spacial score (nSPS) is 9.86. The van der Waals surface area contributed by atoms with Crippen molar-refractivity contribution < 1.29 is 0 Å². The molecule has 4 heteroatoms. The van der Waals surface area contributed by atoms with Crippen LogP contribution in [0.25, 0.3) is 0 Å². The standard InChI is InChI=1S/C10H24N2.2ClH/c1-5-11(6-2)9-10-12(7-3)8-4;;/h5-10H2,1-4H3;2*1H. The first-order valence-corrected chi connectivity index (χ1v) is 5.23. The van der Waals surface area contributed by atoms with Gasteiger partial charge in [0.05, 0.1) is 0 Å². The summed E-state index contributed by atoms with van der Waals surface area (Å²) in [6.45, 7) is 16.1. The molecule has 0 aliphatic rings. The molecule has 0 unspecified atom stereocenters. The third kappa shape index (κ3) is 9.07. The predicted molar refractivity (Wildman–Crippen MR) is 70.1 cm³/mol. The van der Waals surface area contributed by atoms with E-state index < -0.39 is 0 Å². The molecule has 0 amide bonds. The highest BCUT2D eigenvalue weighted by molar-refractivity contribution is 5.85. The fourth-order valence-corrected chi connectivity index (χ4v) is 1.36. The first-order valence-electron chi connectivity index (χ1n) is 5.23. The lowest BCUT2D eigenvalue weighted by molar-refractivity contribution is 0.227. The molecule has 0 aromatic rings. The number of hydrogen-bond acceptors (Lipinski definition) is 2. The van der Waals surface area contributed by atoms with Crippen LogP contribution in [0.5, 0.6) is 0 Å². The predicted octanol–water partition coefficient (Wildman–Crippen LogP) is 2.51. The minimum absolute atomic E-state index is 0. The minimum Gasteiger partial charge on any atom is -0.303 e. The maximum Gasteiger partial charge on any atom is 0.0109 e. The fourth-order valence-electron chi connectivity index (χ4n) is 1.36. The largest absolute Gasteiger partial charge is 0.303 e. The van der Waals surface area contributed by atoms with Crippen molar-refractivity contribution in [2.45, 2.75) is 27.7 Å². The van der Waals surface area contributed by atoms with Crippen LogP contribution in [0.4, 0.5) is 0 Å². The van der Waals surface area contributed by atoms with Gasteiger partial charge in [0.1, 0.15) is 0 Å². The van der Waals surface area contributed by atoms with Crippen molar-refractivity contribution in [1.82, 2.24) is 9.80 Å². The molecular weight excluding hydrogens is 219 g/mol.